The highest BCUT2D eigenvalue weighted by molar-refractivity contribution is 5.30. The van der Waals surface area contributed by atoms with Gasteiger partial charge in [0.1, 0.15) is 24.4 Å². The zero-order valence-corrected chi connectivity index (χ0v) is 11.1. The van der Waals surface area contributed by atoms with E-state index in [-0.39, 0.29) is 0 Å². The summed E-state index contributed by atoms with van der Waals surface area (Å²) in [6.07, 6.45) is -9.40. The van der Waals surface area contributed by atoms with Crippen molar-refractivity contribution in [3.8, 4) is 5.75 Å². The molecule has 0 aromatic heterocycles. The van der Waals surface area contributed by atoms with Gasteiger partial charge in [0, 0.05) is 0 Å². The second-order valence-electron chi connectivity index (χ2n) is 4.71. The molecule has 2 rings (SSSR count). The zero-order chi connectivity index (χ0) is 17.5. The van der Waals surface area contributed by atoms with Gasteiger partial charge in [0.05, 0.1) is 6.61 Å². The molecule has 11 heteroatoms. The van der Waals surface area contributed by atoms with Gasteiger partial charge in [-0.15, -0.1) is 0 Å². The van der Waals surface area contributed by atoms with E-state index in [1.807, 2.05) is 0 Å². The van der Waals surface area contributed by atoms with Crippen LogP contribution in [0.3, 0.4) is 0 Å². The quantitative estimate of drug-likeness (QED) is 0.337. The van der Waals surface area contributed by atoms with Crippen LogP contribution in [0.5, 0.6) is 5.75 Å². The Kier molecular flexibility index (Phi) is 5.06. The van der Waals surface area contributed by atoms with Crippen molar-refractivity contribution < 1.29 is 51.9 Å². The monoisotopic (exact) mass is 346 g/mol. The molecular formula is C12H11F5O6. The van der Waals surface area contributed by atoms with Gasteiger partial charge in [-0.25, -0.2) is 13.2 Å². The minimum atomic E-state index is -2.40. The Labute approximate surface area is 125 Å². The molecule has 1 aromatic rings. The number of ether oxygens (including phenoxy) is 2. The van der Waals surface area contributed by atoms with Gasteiger partial charge in [0.25, 0.3) is 0 Å². The van der Waals surface area contributed by atoms with Crippen LogP contribution in [0.2, 0.25) is 0 Å². The van der Waals surface area contributed by atoms with Crippen molar-refractivity contribution in [2.45, 2.75) is 30.7 Å². The van der Waals surface area contributed by atoms with Gasteiger partial charge < -0.3 is 29.9 Å². The van der Waals surface area contributed by atoms with E-state index in [1.54, 1.807) is 0 Å². The average Bonchev–Trinajstić information content (AvgIpc) is 2.54. The van der Waals surface area contributed by atoms with E-state index >= 15 is 0 Å². The van der Waals surface area contributed by atoms with Crippen LogP contribution in [0.15, 0.2) is 0 Å². The minimum absolute atomic E-state index is 0.873. The first kappa shape index (κ1) is 17.8. The third-order valence-corrected chi connectivity index (χ3v) is 3.25. The molecule has 1 aromatic carbocycles. The number of aliphatic hydroxyl groups excluding tert-OH is 4. The molecule has 0 bridgehead atoms. The summed E-state index contributed by atoms with van der Waals surface area (Å²) in [6, 6.07) is 0. The molecule has 1 heterocycles. The van der Waals surface area contributed by atoms with E-state index in [2.05, 4.69) is 4.74 Å². The van der Waals surface area contributed by atoms with Crippen molar-refractivity contribution >= 4 is 0 Å². The summed E-state index contributed by atoms with van der Waals surface area (Å²) in [6.45, 7) is -0.873. The second kappa shape index (κ2) is 6.53. The van der Waals surface area contributed by atoms with Gasteiger partial charge in [-0.2, -0.15) is 8.78 Å². The highest BCUT2D eigenvalue weighted by Gasteiger charge is 2.45. The normalized spacial score (nSPS) is 31.3. The van der Waals surface area contributed by atoms with Gasteiger partial charge in [-0.05, 0) is 0 Å². The summed E-state index contributed by atoms with van der Waals surface area (Å²) in [5.74, 6) is -13.3. The lowest BCUT2D eigenvalue weighted by Crippen LogP contribution is -2.60. The molecule has 130 valence electrons. The maximum Gasteiger partial charge on any atom is 0.229 e. The fourth-order valence-corrected chi connectivity index (χ4v) is 1.97. The first-order chi connectivity index (χ1) is 10.7. The Balaban J connectivity index is 2.35. The number of hydrogen-bond donors (Lipinski definition) is 4. The smallest absolute Gasteiger partial charge is 0.229 e. The van der Waals surface area contributed by atoms with Crippen LogP contribution >= 0.6 is 0 Å². The maximum absolute atomic E-state index is 13.5. The molecule has 0 aliphatic carbocycles. The van der Waals surface area contributed by atoms with Gasteiger partial charge >= 0.3 is 0 Å². The van der Waals surface area contributed by atoms with Gasteiger partial charge in [-0.1, -0.05) is 0 Å². The van der Waals surface area contributed by atoms with Crippen molar-refractivity contribution in [1.82, 2.24) is 0 Å². The second-order valence-corrected chi connectivity index (χ2v) is 4.71. The van der Waals surface area contributed by atoms with E-state index in [1.165, 1.54) is 0 Å². The van der Waals surface area contributed by atoms with Gasteiger partial charge in [0.2, 0.25) is 41.1 Å². The van der Waals surface area contributed by atoms with Crippen LogP contribution in [-0.2, 0) is 4.74 Å². The Morgan fingerprint density at radius 3 is 1.74 bits per heavy atom. The molecule has 0 unspecified atom stereocenters. The molecule has 4 N–H and O–H groups in total. The summed E-state index contributed by atoms with van der Waals surface area (Å²) in [7, 11) is 0. The fraction of sp³-hybridized carbons (Fsp3) is 0.500. The van der Waals surface area contributed by atoms with Crippen LogP contribution in [0.25, 0.3) is 0 Å². The van der Waals surface area contributed by atoms with Crippen LogP contribution < -0.4 is 4.74 Å². The number of rotatable bonds is 3. The highest BCUT2D eigenvalue weighted by atomic mass is 19.2. The largest absolute Gasteiger partial charge is 0.456 e. The number of aliphatic hydroxyl groups is 4. The van der Waals surface area contributed by atoms with E-state index in [9.17, 15) is 37.3 Å². The third-order valence-electron chi connectivity index (χ3n) is 3.25. The lowest BCUT2D eigenvalue weighted by atomic mass is 9.99. The summed E-state index contributed by atoms with van der Waals surface area (Å²) < 4.78 is 75.2. The average molecular weight is 346 g/mol. The summed E-state index contributed by atoms with van der Waals surface area (Å²) in [5, 5.41) is 37.5. The Bertz CT molecular complexity index is 569. The van der Waals surface area contributed by atoms with E-state index < -0.39 is 72.1 Å². The fourth-order valence-electron chi connectivity index (χ4n) is 1.97. The number of hydrogen-bond acceptors (Lipinski definition) is 6. The lowest BCUT2D eigenvalue weighted by Gasteiger charge is -2.39. The summed E-state index contributed by atoms with van der Waals surface area (Å²) in [5.41, 5.74) is 0. The van der Waals surface area contributed by atoms with Crippen LogP contribution in [0.1, 0.15) is 0 Å². The summed E-state index contributed by atoms with van der Waals surface area (Å²) >= 11 is 0. The third kappa shape index (κ3) is 2.97. The highest BCUT2D eigenvalue weighted by Crippen LogP contribution is 2.32. The predicted molar refractivity (Wildman–Crippen MR) is 60.6 cm³/mol. The van der Waals surface area contributed by atoms with E-state index in [0.717, 1.165) is 0 Å². The number of benzene rings is 1. The molecule has 23 heavy (non-hydrogen) atoms. The predicted octanol–water partition coefficient (Wildman–Crippen LogP) is -0.439. The Hall–Kier alpha value is -1.53. The van der Waals surface area contributed by atoms with Crippen molar-refractivity contribution in [1.29, 1.82) is 0 Å². The topological polar surface area (TPSA) is 99.4 Å². The van der Waals surface area contributed by atoms with Gasteiger partial charge in [0.15, 0.2) is 0 Å². The van der Waals surface area contributed by atoms with Crippen molar-refractivity contribution in [3.63, 3.8) is 0 Å². The lowest BCUT2D eigenvalue weighted by molar-refractivity contribution is -0.278. The van der Waals surface area contributed by atoms with Crippen LogP contribution in [0.4, 0.5) is 22.0 Å². The molecule has 0 radical (unpaired) electrons. The SMILES string of the molecule is OC[C@H]1O[C@H](Oc2c(F)c(F)c(F)c(F)c2F)[C@H](O)[C@@H](O)[C@@H]1O. The number of halogens is 5. The molecule has 0 saturated carbocycles. The molecule has 1 fully saturated rings. The molecule has 1 aliphatic rings. The summed E-state index contributed by atoms with van der Waals surface area (Å²) in [4.78, 5) is 0. The van der Waals surface area contributed by atoms with Gasteiger partial charge in [-0.3, -0.25) is 0 Å². The standard InChI is InChI=1S/C12H11F5O6/c13-3-4(14)6(16)11(7(17)5(3)15)23-12-10(21)9(20)8(19)2(1-18)22-12/h2,8-10,12,18-21H,1H2/t2-,8-,9+,10-,12-/m1/s1. The first-order valence-electron chi connectivity index (χ1n) is 6.19. The van der Waals surface area contributed by atoms with E-state index in [4.69, 9.17) is 9.84 Å². The molecular weight excluding hydrogens is 335 g/mol. The van der Waals surface area contributed by atoms with Crippen molar-refractivity contribution in [3.05, 3.63) is 29.1 Å². The molecule has 5 atom stereocenters. The molecule has 1 saturated heterocycles. The van der Waals surface area contributed by atoms with Crippen LogP contribution in [-0.4, -0.2) is 57.7 Å². The van der Waals surface area contributed by atoms with E-state index in [0.29, 0.717) is 0 Å². The molecule has 6 nitrogen and oxygen atoms in total. The molecule has 0 spiro atoms. The van der Waals surface area contributed by atoms with Crippen molar-refractivity contribution in [2.75, 3.05) is 6.61 Å². The molecule has 1 aliphatic heterocycles. The first-order valence-corrected chi connectivity index (χ1v) is 6.19. The Morgan fingerprint density at radius 2 is 1.26 bits per heavy atom. The van der Waals surface area contributed by atoms with Crippen molar-refractivity contribution in [2.24, 2.45) is 0 Å². The zero-order valence-electron chi connectivity index (χ0n) is 11.1. The Morgan fingerprint density at radius 1 is 0.783 bits per heavy atom. The maximum atomic E-state index is 13.5. The minimum Gasteiger partial charge on any atom is -0.456 e. The molecule has 0 amide bonds. The van der Waals surface area contributed by atoms with Crippen LogP contribution in [0, 0.1) is 29.1 Å².